The molecular weight excluding hydrogens is 184 g/mol. The molecule has 90 valence electrons. The number of rotatable bonds is 8. The van der Waals surface area contributed by atoms with Crippen LogP contribution in [0.4, 0.5) is 0 Å². The molecule has 1 N–H and O–H groups in total. The Balaban J connectivity index is 3.62. The lowest BCUT2D eigenvalue weighted by Gasteiger charge is -2.23. The zero-order chi connectivity index (χ0) is 11.9. The molecule has 1 heteroatoms. The largest absolute Gasteiger partial charge is 0.390 e. The van der Waals surface area contributed by atoms with Crippen LogP contribution in [0.3, 0.4) is 0 Å². The Morgan fingerprint density at radius 3 is 2.27 bits per heavy atom. The molecule has 0 saturated carbocycles. The first-order chi connectivity index (χ1) is 6.83. The van der Waals surface area contributed by atoms with Crippen molar-refractivity contribution in [2.45, 2.75) is 71.8 Å². The molecule has 15 heavy (non-hydrogen) atoms. The third-order valence-corrected chi connectivity index (χ3v) is 2.82. The summed E-state index contributed by atoms with van der Waals surface area (Å²) in [4.78, 5) is 0. The predicted molar refractivity (Wildman–Crippen MR) is 68.0 cm³/mol. The maximum atomic E-state index is 10.1. The number of aliphatic hydroxyl groups is 1. The third kappa shape index (κ3) is 9.99. The van der Waals surface area contributed by atoms with Gasteiger partial charge >= 0.3 is 0 Å². The fourth-order valence-corrected chi connectivity index (χ4v) is 1.79. The second-order valence-corrected chi connectivity index (χ2v) is 5.59. The van der Waals surface area contributed by atoms with Gasteiger partial charge in [-0.2, -0.15) is 0 Å². The fraction of sp³-hybridized carbons (Fsp3) is 0.857. The summed E-state index contributed by atoms with van der Waals surface area (Å²) in [5.41, 5.74) is 0.748. The molecule has 1 nitrogen and oxygen atoms in total. The lowest BCUT2D eigenvalue weighted by Crippen LogP contribution is -2.23. The summed E-state index contributed by atoms with van der Waals surface area (Å²) in [6, 6.07) is 0. The number of hydrogen-bond acceptors (Lipinski definition) is 1. The molecule has 1 atom stereocenters. The maximum absolute atomic E-state index is 10.1. The van der Waals surface area contributed by atoms with E-state index in [2.05, 4.69) is 20.4 Å². The van der Waals surface area contributed by atoms with Gasteiger partial charge in [0.2, 0.25) is 0 Å². The maximum Gasteiger partial charge on any atom is 0.0619 e. The van der Waals surface area contributed by atoms with Crippen LogP contribution in [0.5, 0.6) is 0 Å². The van der Waals surface area contributed by atoms with Crippen LogP contribution in [0.2, 0.25) is 0 Å². The Kier molecular flexibility index (Phi) is 6.91. The first-order valence-electron chi connectivity index (χ1n) is 6.20. The van der Waals surface area contributed by atoms with Crippen molar-refractivity contribution >= 4 is 0 Å². The summed E-state index contributed by atoms with van der Waals surface area (Å²) >= 11 is 0. The molecule has 0 spiro atoms. The highest BCUT2D eigenvalue weighted by Crippen LogP contribution is 2.22. The van der Waals surface area contributed by atoms with Crippen molar-refractivity contribution < 1.29 is 5.11 Å². The Morgan fingerprint density at radius 1 is 1.27 bits per heavy atom. The van der Waals surface area contributed by atoms with Crippen LogP contribution in [-0.2, 0) is 0 Å². The van der Waals surface area contributed by atoms with Crippen molar-refractivity contribution in [2.75, 3.05) is 0 Å². The number of allylic oxidation sites excluding steroid dienone is 1. The molecule has 0 radical (unpaired) electrons. The van der Waals surface area contributed by atoms with Gasteiger partial charge in [0.05, 0.1) is 5.60 Å². The smallest absolute Gasteiger partial charge is 0.0619 e. The van der Waals surface area contributed by atoms with Gasteiger partial charge in [-0.3, -0.25) is 0 Å². The minimum absolute atomic E-state index is 0.468. The monoisotopic (exact) mass is 212 g/mol. The molecule has 1 unspecified atom stereocenters. The van der Waals surface area contributed by atoms with Gasteiger partial charge in [0.25, 0.3) is 0 Å². The second kappa shape index (κ2) is 7.05. The Bertz CT molecular complexity index is 180. The molecule has 0 amide bonds. The highest BCUT2D eigenvalue weighted by Gasteiger charge is 2.19. The van der Waals surface area contributed by atoms with E-state index < -0.39 is 5.60 Å². The van der Waals surface area contributed by atoms with Crippen molar-refractivity contribution in [3.05, 3.63) is 12.2 Å². The molecule has 0 aliphatic rings. The Morgan fingerprint density at radius 2 is 1.80 bits per heavy atom. The number of hydrogen-bond donors (Lipinski definition) is 1. The first-order valence-corrected chi connectivity index (χ1v) is 6.20. The van der Waals surface area contributed by atoms with Gasteiger partial charge in [0.1, 0.15) is 0 Å². The lowest BCUT2D eigenvalue weighted by molar-refractivity contribution is 0.0368. The molecule has 0 aromatic carbocycles. The van der Waals surface area contributed by atoms with Gasteiger partial charge in [-0.15, -0.1) is 6.58 Å². The lowest BCUT2D eigenvalue weighted by atomic mass is 9.91. The highest BCUT2D eigenvalue weighted by atomic mass is 16.3. The molecule has 0 aromatic heterocycles. The van der Waals surface area contributed by atoms with Crippen LogP contribution >= 0.6 is 0 Å². The quantitative estimate of drug-likeness (QED) is 0.594. The van der Waals surface area contributed by atoms with E-state index in [4.69, 9.17) is 0 Å². The SMILES string of the molecule is C=C(C)CCCC(C)(O)CCCC(C)C. The average Bonchev–Trinajstić information content (AvgIpc) is 2.01. The standard InChI is InChI=1S/C14H28O/c1-12(2)8-6-10-14(5,15)11-7-9-13(3)4/h13,15H,1,6-11H2,2-5H3. The average molecular weight is 212 g/mol. The summed E-state index contributed by atoms with van der Waals surface area (Å²) in [5.74, 6) is 0.746. The third-order valence-electron chi connectivity index (χ3n) is 2.82. The molecule has 0 rings (SSSR count). The first kappa shape index (κ1) is 14.7. The van der Waals surface area contributed by atoms with Crippen LogP contribution in [0.25, 0.3) is 0 Å². The van der Waals surface area contributed by atoms with E-state index >= 15 is 0 Å². The summed E-state index contributed by atoms with van der Waals surface area (Å²) in [6.07, 6.45) is 6.29. The summed E-state index contributed by atoms with van der Waals surface area (Å²) in [6.45, 7) is 12.4. The van der Waals surface area contributed by atoms with E-state index in [1.54, 1.807) is 0 Å². The Hall–Kier alpha value is -0.300. The molecule has 0 fully saturated rings. The van der Waals surface area contributed by atoms with Crippen LogP contribution < -0.4 is 0 Å². The van der Waals surface area contributed by atoms with Crippen LogP contribution in [0.15, 0.2) is 12.2 Å². The van der Waals surface area contributed by atoms with Crippen molar-refractivity contribution in [3.63, 3.8) is 0 Å². The molecular formula is C14H28O. The van der Waals surface area contributed by atoms with E-state index in [0.29, 0.717) is 0 Å². The van der Waals surface area contributed by atoms with Crippen molar-refractivity contribution in [2.24, 2.45) is 5.92 Å². The fourth-order valence-electron chi connectivity index (χ4n) is 1.79. The van der Waals surface area contributed by atoms with E-state index in [1.807, 2.05) is 13.8 Å². The van der Waals surface area contributed by atoms with Gasteiger partial charge in [0, 0.05) is 0 Å². The molecule has 0 heterocycles. The topological polar surface area (TPSA) is 20.2 Å². The second-order valence-electron chi connectivity index (χ2n) is 5.59. The van der Waals surface area contributed by atoms with Crippen LogP contribution in [-0.4, -0.2) is 10.7 Å². The molecule has 0 bridgehead atoms. The van der Waals surface area contributed by atoms with Crippen LogP contribution in [0.1, 0.15) is 66.2 Å². The zero-order valence-corrected chi connectivity index (χ0v) is 11.0. The van der Waals surface area contributed by atoms with E-state index in [-0.39, 0.29) is 0 Å². The Labute approximate surface area is 95.6 Å². The minimum atomic E-state index is -0.468. The van der Waals surface area contributed by atoms with Crippen molar-refractivity contribution in [3.8, 4) is 0 Å². The van der Waals surface area contributed by atoms with E-state index in [9.17, 15) is 5.11 Å². The van der Waals surface area contributed by atoms with Crippen LogP contribution in [0, 0.1) is 5.92 Å². The summed E-state index contributed by atoms with van der Waals surface area (Å²) in [5, 5.41) is 10.1. The van der Waals surface area contributed by atoms with Gasteiger partial charge in [0.15, 0.2) is 0 Å². The summed E-state index contributed by atoms with van der Waals surface area (Å²) in [7, 11) is 0. The highest BCUT2D eigenvalue weighted by molar-refractivity contribution is 4.88. The summed E-state index contributed by atoms with van der Waals surface area (Å²) < 4.78 is 0. The van der Waals surface area contributed by atoms with Gasteiger partial charge in [-0.05, 0) is 45.4 Å². The van der Waals surface area contributed by atoms with E-state index in [1.165, 1.54) is 12.0 Å². The van der Waals surface area contributed by atoms with E-state index in [0.717, 1.165) is 38.0 Å². The zero-order valence-electron chi connectivity index (χ0n) is 11.0. The molecule has 0 saturated heterocycles. The van der Waals surface area contributed by atoms with Crippen molar-refractivity contribution in [1.29, 1.82) is 0 Å². The van der Waals surface area contributed by atoms with Gasteiger partial charge in [-0.25, -0.2) is 0 Å². The minimum Gasteiger partial charge on any atom is -0.390 e. The molecule has 0 aromatic rings. The molecule has 0 aliphatic carbocycles. The normalized spacial score (nSPS) is 15.3. The van der Waals surface area contributed by atoms with Crippen molar-refractivity contribution in [1.82, 2.24) is 0 Å². The predicted octanol–water partition coefficient (Wildman–Crippen LogP) is 4.31. The molecule has 0 aliphatic heterocycles. The van der Waals surface area contributed by atoms with Gasteiger partial charge < -0.3 is 5.11 Å². The van der Waals surface area contributed by atoms with Gasteiger partial charge in [-0.1, -0.05) is 32.3 Å².